The largest absolute Gasteiger partial charge is 0.278 e. The molecule has 0 aromatic heterocycles. The van der Waals surface area contributed by atoms with Crippen molar-refractivity contribution in [2.45, 2.75) is 6.42 Å². The van der Waals surface area contributed by atoms with E-state index in [2.05, 4.69) is 16.6 Å². The number of benzene rings is 1. The Balaban J connectivity index is 2.00. The summed E-state index contributed by atoms with van der Waals surface area (Å²) in [7, 11) is 0. The molecule has 0 amide bonds. The molecule has 1 aromatic carbocycles. The summed E-state index contributed by atoms with van der Waals surface area (Å²) in [4.78, 5) is 0. The number of hydrazone groups is 1. The molecule has 0 fully saturated rings. The maximum Gasteiger partial charge on any atom is 0.0644 e. The lowest BCUT2D eigenvalue weighted by Gasteiger charge is -2.03. The van der Waals surface area contributed by atoms with Gasteiger partial charge in [0.2, 0.25) is 0 Å². The number of anilines is 1. The molecule has 2 rings (SSSR count). The highest BCUT2D eigenvalue weighted by Crippen LogP contribution is 2.06. The van der Waals surface area contributed by atoms with Crippen molar-refractivity contribution in [1.29, 1.82) is 0 Å². The lowest BCUT2D eigenvalue weighted by atomic mass is 10.2. The number of para-hydroxylation sites is 1. The van der Waals surface area contributed by atoms with E-state index in [-0.39, 0.29) is 0 Å². The smallest absolute Gasteiger partial charge is 0.0644 e. The maximum absolute atomic E-state index is 4.28. The van der Waals surface area contributed by atoms with E-state index >= 15 is 0 Å². The third-order valence-electron chi connectivity index (χ3n) is 1.97. The zero-order valence-corrected chi connectivity index (χ0v) is 7.85. The molecule has 1 aliphatic rings. The molecule has 1 aromatic rings. The van der Waals surface area contributed by atoms with Crippen LogP contribution in [-0.2, 0) is 0 Å². The zero-order valence-electron chi connectivity index (χ0n) is 7.85. The predicted molar refractivity (Wildman–Crippen MR) is 60.4 cm³/mol. The second kappa shape index (κ2) is 4.42. The molecule has 2 heteroatoms. The van der Waals surface area contributed by atoms with E-state index in [1.807, 2.05) is 48.6 Å². The van der Waals surface area contributed by atoms with Crippen LogP contribution in [0.3, 0.4) is 0 Å². The van der Waals surface area contributed by atoms with Gasteiger partial charge in [-0.1, -0.05) is 36.4 Å². The van der Waals surface area contributed by atoms with E-state index < -0.39 is 0 Å². The fourth-order valence-corrected chi connectivity index (χ4v) is 1.23. The Morgan fingerprint density at radius 2 is 1.93 bits per heavy atom. The first kappa shape index (κ1) is 8.75. The Morgan fingerprint density at radius 3 is 2.64 bits per heavy atom. The van der Waals surface area contributed by atoms with Gasteiger partial charge in [0.05, 0.1) is 11.4 Å². The van der Waals surface area contributed by atoms with E-state index in [0.29, 0.717) is 0 Å². The summed E-state index contributed by atoms with van der Waals surface area (Å²) >= 11 is 0. The van der Waals surface area contributed by atoms with Crippen LogP contribution in [-0.4, -0.2) is 5.71 Å². The van der Waals surface area contributed by atoms with Crippen molar-refractivity contribution in [3.8, 4) is 0 Å². The summed E-state index contributed by atoms with van der Waals surface area (Å²) in [6.45, 7) is 0. The van der Waals surface area contributed by atoms with Crippen LogP contribution in [0.2, 0.25) is 0 Å². The van der Waals surface area contributed by atoms with Gasteiger partial charge in [0.25, 0.3) is 0 Å². The number of hydrogen-bond acceptors (Lipinski definition) is 2. The molecule has 70 valence electrons. The van der Waals surface area contributed by atoms with Crippen molar-refractivity contribution in [2.24, 2.45) is 5.10 Å². The molecule has 0 saturated heterocycles. The average molecular weight is 184 g/mol. The first-order valence-electron chi connectivity index (χ1n) is 4.66. The number of allylic oxidation sites excluding steroid dienone is 4. The van der Waals surface area contributed by atoms with Gasteiger partial charge in [-0.05, 0) is 18.2 Å². The maximum atomic E-state index is 4.28. The summed E-state index contributed by atoms with van der Waals surface area (Å²) < 4.78 is 0. The van der Waals surface area contributed by atoms with Gasteiger partial charge in [0, 0.05) is 6.42 Å². The third-order valence-corrected chi connectivity index (χ3v) is 1.97. The van der Waals surface area contributed by atoms with E-state index in [1.165, 1.54) is 0 Å². The topological polar surface area (TPSA) is 24.4 Å². The van der Waals surface area contributed by atoms with Crippen LogP contribution < -0.4 is 5.43 Å². The van der Waals surface area contributed by atoms with Gasteiger partial charge in [0.1, 0.15) is 0 Å². The van der Waals surface area contributed by atoms with Crippen LogP contribution in [0.1, 0.15) is 6.42 Å². The Bertz CT molecular complexity index is 375. The van der Waals surface area contributed by atoms with Gasteiger partial charge >= 0.3 is 0 Å². The van der Waals surface area contributed by atoms with E-state index in [1.54, 1.807) is 0 Å². The molecule has 14 heavy (non-hydrogen) atoms. The highest BCUT2D eigenvalue weighted by molar-refractivity contribution is 5.97. The Kier molecular flexibility index (Phi) is 2.76. The Morgan fingerprint density at radius 1 is 1.07 bits per heavy atom. The van der Waals surface area contributed by atoms with Crippen LogP contribution in [0.15, 0.2) is 59.7 Å². The molecule has 0 saturated carbocycles. The van der Waals surface area contributed by atoms with Crippen LogP contribution >= 0.6 is 0 Å². The second-order valence-corrected chi connectivity index (χ2v) is 3.07. The molecular weight excluding hydrogens is 172 g/mol. The minimum atomic E-state index is 0.899. The van der Waals surface area contributed by atoms with Gasteiger partial charge in [-0.15, -0.1) is 0 Å². The first-order chi connectivity index (χ1) is 6.95. The lowest BCUT2D eigenvalue weighted by Crippen LogP contribution is -1.99. The molecular formula is C12H12N2. The number of rotatable bonds is 2. The van der Waals surface area contributed by atoms with E-state index in [4.69, 9.17) is 0 Å². The number of nitrogens with one attached hydrogen (secondary N) is 1. The van der Waals surface area contributed by atoms with Crippen LogP contribution in [0.4, 0.5) is 5.69 Å². The summed E-state index contributed by atoms with van der Waals surface area (Å²) in [6, 6.07) is 9.94. The van der Waals surface area contributed by atoms with Crippen molar-refractivity contribution >= 4 is 11.4 Å². The quantitative estimate of drug-likeness (QED) is 0.702. The standard InChI is InChI=1S/C12H12N2/c1-3-7-11(8-4-1)13-14-12-9-5-2-6-10-12/h1-9,13H,10H2/b14-12-. The lowest BCUT2D eigenvalue weighted by molar-refractivity contribution is 1.29. The third kappa shape index (κ3) is 2.33. The number of hydrogen-bond donors (Lipinski definition) is 1. The number of nitrogens with zero attached hydrogens (tertiary/aromatic N) is 1. The van der Waals surface area contributed by atoms with Gasteiger partial charge in [0.15, 0.2) is 0 Å². The van der Waals surface area contributed by atoms with Crippen molar-refractivity contribution in [3.63, 3.8) is 0 Å². The SMILES string of the molecule is C1=CC/C(=N\Nc2ccccc2)C=C1. The van der Waals surface area contributed by atoms with Crippen LogP contribution in [0, 0.1) is 0 Å². The molecule has 0 atom stereocenters. The highest BCUT2D eigenvalue weighted by Gasteiger charge is 1.94. The van der Waals surface area contributed by atoms with Gasteiger partial charge in [-0.2, -0.15) is 5.10 Å². The molecule has 0 heterocycles. The minimum Gasteiger partial charge on any atom is -0.278 e. The molecule has 1 N–H and O–H groups in total. The highest BCUT2D eigenvalue weighted by atomic mass is 15.3. The van der Waals surface area contributed by atoms with Crippen molar-refractivity contribution in [1.82, 2.24) is 0 Å². The predicted octanol–water partition coefficient (Wildman–Crippen LogP) is 2.97. The summed E-state index contributed by atoms with van der Waals surface area (Å²) in [5.41, 5.74) is 5.09. The second-order valence-electron chi connectivity index (χ2n) is 3.07. The minimum absolute atomic E-state index is 0.899. The summed E-state index contributed by atoms with van der Waals surface area (Å²) in [6.07, 6.45) is 9.02. The van der Waals surface area contributed by atoms with Crippen molar-refractivity contribution < 1.29 is 0 Å². The Hall–Kier alpha value is -1.83. The summed E-state index contributed by atoms with van der Waals surface area (Å²) in [5, 5.41) is 4.28. The molecule has 0 aliphatic heterocycles. The molecule has 1 aliphatic carbocycles. The van der Waals surface area contributed by atoms with Gasteiger partial charge in [-0.25, -0.2) is 0 Å². The van der Waals surface area contributed by atoms with Gasteiger partial charge < -0.3 is 0 Å². The van der Waals surface area contributed by atoms with E-state index in [0.717, 1.165) is 17.8 Å². The van der Waals surface area contributed by atoms with Gasteiger partial charge in [-0.3, -0.25) is 5.43 Å². The van der Waals surface area contributed by atoms with Crippen molar-refractivity contribution in [3.05, 3.63) is 54.6 Å². The average Bonchev–Trinajstić information content (AvgIpc) is 2.29. The summed E-state index contributed by atoms with van der Waals surface area (Å²) in [5.74, 6) is 0. The molecule has 0 radical (unpaired) electrons. The van der Waals surface area contributed by atoms with E-state index in [9.17, 15) is 0 Å². The fraction of sp³-hybridized carbons (Fsp3) is 0.0833. The van der Waals surface area contributed by atoms with Crippen LogP contribution in [0.25, 0.3) is 0 Å². The molecule has 0 bridgehead atoms. The monoisotopic (exact) mass is 184 g/mol. The van der Waals surface area contributed by atoms with Crippen molar-refractivity contribution in [2.75, 3.05) is 5.43 Å². The fourth-order valence-electron chi connectivity index (χ4n) is 1.23. The normalized spacial score (nSPS) is 17.3. The van der Waals surface area contributed by atoms with Crippen LogP contribution in [0.5, 0.6) is 0 Å². The molecule has 0 unspecified atom stereocenters. The molecule has 0 spiro atoms. The Labute approximate surface area is 83.7 Å². The zero-order chi connectivity index (χ0) is 9.64. The first-order valence-corrected chi connectivity index (χ1v) is 4.66. The molecule has 2 nitrogen and oxygen atoms in total.